The molecule has 0 unspecified atom stereocenters. The summed E-state index contributed by atoms with van der Waals surface area (Å²) in [4.78, 5) is 6.56. The van der Waals surface area contributed by atoms with E-state index in [-0.39, 0.29) is 0 Å². The second-order valence-electron chi connectivity index (χ2n) is 4.41. The van der Waals surface area contributed by atoms with E-state index >= 15 is 0 Å². The third-order valence-corrected chi connectivity index (χ3v) is 3.71. The summed E-state index contributed by atoms with van der Waals surface area (Å²) in [5.74, 6) is 1.26. The first-order chi connectivity index (χ1) is 7.74. The molecule has 6 heteroatoms. The zero-order chi connectivity index (χ0) is 11.4. The highest BCUT2D eigenvalue weighted by molar-refractivity contribution is 7.09. The summed E-state index contributed by atoms with van der Waals surface area (Å²) in [5, 5.41) is 4.07. The zero-order valence-electron chi connectivity index (χ0n) is 9.65. The van der Waals surface area contributed by atoms with Crippen LogP contribution in [0.15, 0.2) is 0 Å². The SMILES string of the molecule is CC1CCN(CCNc2nc(N)ns2)CC1. The molecule has 1 saturated heterocycles. The Hall–Kier alpha value is -0.880. The molecule has 2 rings (SSSR count). The standard InChI is InChI=1S/C10H19N5S/c1-8-2-5-15(6-3-8)7-4-12-10-13-9(11)14-16-10/h8H,2-7H2,1H3,(H3,11,12,13,14). The molecule has 0 atom stereocenters. The van der Waals surface area contributed by atoms with Gasteiger partial charge in [0.25, 0.3) is 0 Å². The number of nitrogens with zero attached hydrogens (tertiary/aromatic N) is 3. The normalized spacial score (nSPS) is 18.8. The lowest BCUT2D eigenvalue weighted by molar-refractivity contribution is 0.199. The van der Waals surface area contributed by atoms with Gasteiger partial charge in [-0.05, 0) is 31.8 Å². The lowest BCUT2D eigenvalue weighted by atomic mass is 9.99. The number of hydrogen-bond acceptors (Lipinski definition) is 6. The quantitative estimate of drug-likeness (QED) is 0.831. The van der Waals surface area contributed by atoms with Crippen molar-refractivity contribution in [1.29, 1.82) is 0 Å². The number of nitrogens with one attached hydrogen (secondary N) is 1. The van der Waals surface area contributed by atoms with Crippen LogP contribution in [0.3, 0.4) is 0 Å². The van der Waals surface area contributed by atoms with E-state index in [4.69, 9.17) is 5.73 Å². The second kappa shape index (κ2) is 5.45. The van der Waals surface area contributed by atoms with Gasteiger partial charge < -0.3 is 16.0 Å². The van der Waals surface area contributed by atoms with Crippen molar-refractivity contribution < 1.29 is 0 Å². The van der Waals surface area contributed by atoms with E-state index in [0.717, 1.165) is 24.1 Å². The first-order valence-corrected chi connectivity index (χ1v) is 6.57. The summed E-state index contributed by atoms with van der Waals surface area (Å²) in [5.41, 5.74) is 5.45. The molecule has 1 aliphatic rings. The third kappa shape index (κ3) is 3.31. The summed E-state index contributed by atoms with van der Waals surface area (Å²) in [6.07, 6.45) is 2.65. The molecule has 16 heavy (non-hydrogen) atoms. The molecule has 1 aromatic rings. The Morgan fingerprint density at radius 3 is 2.88 bits per heavy atom. The Kier molecular flexibility index (Phi) is 3.95. The molecule has 3 N–H and O–H groups in total. The van der Waals surface area contributed by atoms with E-state index in [1.54, 1.807) is 0 Å². The van der Waals surface area contributed by atoms with Gasteiger partial charge in [0, 0.05) is 24.6 Å². The molecule has 1 fully saturated rings. The molecule has 5 nitrogen and oxygen atoms in total. The molecule has 0 saturated carbocycles. The van der Waals surface area contributed by atoms with E-state index in [1.807, 2.05) is 0 Å². The van der Waals surface area contributed by atoms with Gasteiger partial charge in [0.1, 0.15) is 0 Å². The van der Waals surface area contributed by atoms with Gasteiger partial charge >= 0.3 is 0 Å². The number of rotatable bonds is 4. The van der Waals surface area contributed by atoms with Gasteiger partial charge in [-0.2, -0.15) is 9.36 Å². The zero-order valence-corrected chi connectivity index (χ0v) is 10.5. The minimum atomic E-state index is 0.360. The van der Waals surface area contributed by atoms with E-state index < -0.39 is 0 Å². The minimum Gasteiger partial charge on any atom is -0.367 e. The average molecular weight is 241 g/mol. The van der Waals surface area contributed by atoms with Crippen LogP contribution in [-0.2, 0) is 0 Å². The van der Waals surface area contributed by atoms with Gasteiger partial charge in [0.05, 0.1) is 0 Å². The molecular formula is C10H19N5S. The van der Waals surface area contributed by atoms with Gasteiger partial charge in [-0.15, -0.1) is 0 Å². The summed E-state index contributed by atoms with van der Waals surface area (Å²) < 4.78 is 3.92. The Labute approximate surface area is 100 Å². The monoisotopic (exact) mass is 241 g/mol. The van der Waals surface area contributed by atoms with Gasteiger partial charge in [-0.1, -0.05) is 6.92 Å². The van der Waals surface area contributed by atoms with Gasteiger partial charge in [-0.25, -0.2) is 0 Å². The van der Waals surface area contributed by atoms with Crippen LogP contribution < -0.4 is 11.1 Å². The first-order valence-electron chi connectivity index (χ1n) is 5.79. The fourth-order valence-electron chi connectivity index (χ4n) is 1.91. The summed E-state index contributed by atoms with van der Waals surface area (Å²) in [6, 6.07) is 0. The fraction of sp³-hybridized carbons (Fsp3) is 0.800. The summed E-state index contributed by atoms with van der Waals surface area (Å²) in [7, 11) is 0. The average Bonchev–Trinajstić information content (AvgIpc) is 2.67. The number of likely N-dealkylation sites (tertiary alicyclic amines) is 1. The number of nitrogen functional groups attached to an aromatic ring is 1. The largest absolute Gasteiger partial charge is 0.367 e. The number of nitrogens with two attached hydrogens (primary N) is 1. The maximum atomic E-state index is 5.45. The molecule has 1 aliphatic heterocycles. The van der Waals surface area contributed by atoms with Crippen molar-refractivity contribution >= 4 is 22.6 Å². The van der Waals surface area contributed by atoms with Crippen molar-refractivity contribution in [3.63, 3.8) is 0 Å². The van der Waals surface area contributed by atoms with Crippen LogP contribution in [0, 0.1) is 5.92 Å². The molecule has 2 heterocycles. The predicted octanol–water partition coefficient (Wildman–Crippen LogP) is 1.26. The number of hydrogen-bond donors (Lipinski definition) is 2. The van der Waals surface area contributed by atoms with Crippen LogP contribution in [0.4, 0.5) is 11.1 Å². The van der Waals surface area contributed by atoms with Gasteiger partial charge in [-0.3, -0.25) is 0 Å². The van der Waals surface area contributed by atoms with E-state index in [0.29, 0.717) is 5.95 Å². The van der Waals surface area contributed by atoms with Crippen LogP contribution >= 0.6 is 11.5 Å². The summed E-state index contributed by atoms with van der Waals surface area (Å²) in [6.45, 7) is 6.77. The van der Waals surface area contributed by atoms with Gasteiger partial charge in [0.15, 0.2) is 0 Å². The van der Waals surface area contributed by atoms with Crippen molar-refractivity contribution in [2.45, 2.75) is 19.8 Å². The third-order valence-electron chi connectivity index (χ3n) is 3.02. The Morgan fingerprint density at radius 2 is 2.25 bits per heavy atom. The number of aromatic nitrogens is 2. The Balaban J connectivity index is 1.64. The maximum Gasteiger partial charge on any atom is 0.233 e. The topological polar surface area (TPSA) is 67.1 Å². The highest BCUT2D eigenvalue weighted by Crippen LogP contribution is 2.16. The molecule has 0 bridgehead atoms. The fourth-order valence-corrected chi connectivity index (χ4v) is 2.44. The van der Waals surface area contributed by atoms with Gasteiger partial charge in [0.2, 0.25) is 11.1 Å². The van der Waals surface area contributed by atoms with Crippen LogP contribution in [0.1, 0.15) is 19.8 Å². The van der Waals surface area contributed by atoms with E-state index in [9.17, 15) is 0 Å². The van der Waals surface area contributed by atoms with E-state index in [1.165, 1.54) is 37.5 Å². The van der Waals surface area contributed by atoms with Crippen LogP contribution in [0.2, 0.25) is 0 Å². The Morgan fingerprint density at radius 1 is 1.50 bits per heavy atom. The molecule has 1 aromatic heterocycles. The number of anilines is 2. The number of piperidine rings is 1. The highest BCUT2D eigenvalue weighted by atomic mass is 32.1. The maximum absolute atomic E-state index is 5.45. The lowest BCUT2D eigenvalue weighted by Crippen LogP contribution is -2.36. The predicted molar refractivity (Wildman–Crippen MR) is 67.6 cm³/mol. The Bertz CT molecular complexity index is 319. The minimum absolute atomic E-state index is 0.360. The highest BCUT2D eigenvalue weighted by Gasteiger charge is 2.14. The molecule has 0 amide bonds. The van der Waals surface area contributed by atoms with Crippen LogP contribution in [-0.4, -0.2) is 40.4 Å². The van der Waals surface area contributed by atoms with Crippen LogP contribution in [0.25, 0.3) is 0 Å². The van der Waals surface area contributed by atoms with Crippen LogP contribution in [0.5, 0.6) is 0 Å². The summed E-state index contributed by atoms with van der Waals surface area (Å²) >= 11 is 1.32. The smallest absolute Gasteiger partial charge is 0.233 e. The lowest BCUT2D eigenvalue weighted by Gasteiger charge is -2.29. The van der Waals surface area contributed by atoms with Crippen molar-refractivity contribution in [3.05, 3.63) is 0 Å². The first kappa shape index (κ1) is 11.6. The second-order valence-corrected chi connectivity index (χ2v) is 5.16. The molecular weight excluding hydrogens is 222 g/mol. The molecule has 0 aliphatic carbocycles. The molecule has 90 valence electrons. The van der Waals surface area contributed by atoms with Crippen molar-refractivity contribution in [3.8, 4) is 0 Å². The van der Waals surface area contributed by atoms with E-state index in [2.05, 4.69) is 26.5 Å². The van der Waals surface area contributed by atoms with Crippen molar-refractivity contribution in [2.24, 2.45) is 5.92 Å². The molecule has 0 spiro atoms. The molecule has 0 radical (unpaired) electrons. The van der Waals surface area contributed by atoms with Crippen molar-refractivity contribution in [2.75, 3.05) is 37.2 Å². The molecule has 0 aromatic carbocycles. The van der Waals surface area contributed by atoms with Crippen molar-refractivity contribution in [1.82, 2.24) is 14.3 Å².